The van der Waals surface area contributed by atoms with Gasteiger partial charge in [-0.3, -0.25) is 10.1 Å². The van der Waals surface area contributed by atoms with E-state index in [9.17, 15) is 20.2 Å². The molecule has 2 heterocycles. The number of nitro benzene ring substituents is 1. The van der Waals surface area contributed by atoms with Crippen molar-refractivity contribution < 1.29 is 14.1 Å². The normalized spacial score (nSPS) is 11.4. The molecule has 0 radical (unpaired) electrons. The molecule has 0 fully saturated rings. The van der Waals surface area contributed by atoms with Crippen LogP contribution in [0.2, 0.25) is 0 Å². The Bertz CT molecular complexity index is 1780. The molecule has 0 aliphatic heterocycles. The molecule has 2 aromatic heterocycles. The van der Waals surface area contributed by atoms with Crippen LogP contribution in [0.15, 0.2) is 81.5 Å². The molecule has 0 saturated heterocycles. The van der Waals surface area contributed by atoms with E-state index in [1.807, 2.05) is 30.3 Å². The number of nitrogens with zero attached hydrogens (tertiary/aromatic N) is 3. The number of benzene rings is 3. The number of nitro groups is 1. The van der Waals surface area contributed by atoms with Crippen LogP contribution in [0.25, 0.3) is 38.6 Å². The van der Waals surface area contributed by atoms with Gasteiger partial charge in [-0.25, -0.2) is 9.78 Å². The highest BCUT2D eigenvalue weighted by molar-refractivity contribution is 7.11. The van der Waals surface area contributed by atoms with Crippen LogP contribution < -0.4 is 15.7 Å². The van der Waals surface area contributed by atoms with Gasteiger partial charge in [-0.2, -0.15) is 5.26 Å². The number of ether oxygens (including phenoxy) is 1. The van der Waals surface area contributed by atoms with Crippen molar-refractivity contribution in [1.82, 2.24) is 4.98 Å². The second-order valence-electron chi connectivity index (χ2n) is 7.64. The smallest absolute Gasteiger partial charge is 0.345 e. The maximum Gasteiger partial charge on any atom is 0.345 e. The Hall–Kier alpha value is -5.01. The summed E-state index contributed by atoms with van der Waals surface area (Å²) in [7, 11) is 1.39. The van der Waals surface area contributed by atoms with E-state index in [1.165, 1.54) is 42.8 Å². The maximum absolute atomic E-state index is 12.7. The van der Waals surface area contributed by atoms with E-state index < -0.39 is 10.5 Å². The molecule has 3 aromatic carbocycles. The van der Waals surface area contributed by atoms with Crippen molar-refractivity contribution in [3.63, 3.8) is 0 Å². The van der Waals surface area contributed by atoms with Crippen molar-refractivity contribution in [3.05, 3.63) is 97.8 Å². The van der Waals surface area contributed by atoms with Crippen LogP contribution >= 0.6 is 11.3 Å². The first kappa shape index (κ1) is 22.8. The molecule has 36 heavy (non-hydrogen) atoms. The first-order valence-electron chi connectivity index (χ1n) is 10.6. The van der Waals surface area contributed by atoms with Crippen molar-refractivity contribution in [1.29, 1.82) is 5.26 Å². The van der Waals surface area contributed by atoms with Crippen molar-refractivity contribution >= 4 is 50.0 Å². The van der Waals surface area contributed by atoms with Gasteiger partial charge in [0.05, 0.1) is 35.0 Å². The number of thiazole rings is 1. The van der Waals surface area contributed by atoms with Gasteiger partial charge in [-0.15, -0.1) is 11.3 Å². The standard InChI is InChI=1S/C26H16N4O5S/c1-34-24-10-17(30(32)33)7-8-21(24)28-13-16(12-27)25-29-22(14-36-25)20-11-19-18-5-3-2-4-15(18)6-9-23(19)35-26(20)31/h2-11,13-14,28H,1H3/b16-13+. The molecule has 0 aliphatic carbocycles. The Balaban J connectivity index is 1.50. The van der Waals surface area contributed by atoms with Gasteiger partial charge in [0, 0.05) is 23.0 Å². The fourth-order valence-electron chi connectivity index (χ4n) is 3.78. The molecule has 0 amide bonds. The van der Waals surface area contributed by atoms with Crippen molar-refractivity contribution in [3.8, 4) is 23.1 Å². The van der Waals surface area contributed by atoms with Gasteiger partial charge in [0.2, 0.25) is 0 Å². The summed E-state index contributed by atoms with van der Waals surface area (Å²) in [5.41, 5.74) is 1.18. The lowest BCUT2D eigenvalue weighted by Gasteiger charge is -2.08. The van der Waals surface area contributed by atoms with Crippen LogP contribution in [-0.2, 0) is 0 Å². The van der Waals surface area contributed by atoms with E-state index in [2.05, 4.69) is 16.4 Å². The van der Waals surface area contributed by atoms with E-state index in [4.69, 9.17) is 9.15 Å². The van der Waals surface area contributed by atoms with Crippen LogP contribution in [0.3, 0.4) is 0 Å². The second-order valence-corrected chi connectivity index (χ2v) is 8.50. The number of hydrogen-bond donors (Lipinski definition) is 1. The van der Waals surface area contributed by atoms with Gasteiger partial charge < -0.3 is 14.5 Å². The highest BCUT2D eigenvalue weighted by atomic mass is 32.1. The van der Waals surface area contributed by atoms with Crippen LogP contribution in [-0.4, -0.2) is 17.0 Å². The third-order valence-corrected chi connectivity index (χ3v) is 6.42. The number of aromatic nitrogens is 1. The average molecular weight is 497 g/mol. The molecule has 5 rings (SSSR count). The molecule has 0 atom stereocenters. The molecule has 0 saturated carbocycles. The topological polar surface area (TPSA) is 131 Å². The Morgan fingerprint density at radius 1 is 1.19 bits per heavy atom. The van der Waals surface area contributed by atoms with E-state index in [1.54, 1.807) is 17.5 Å². The number of rotatable bonds is 6. The predicted octanol–water partition coefficient (Wildman–Crippen LogP) is 5.96. The quantitative estimate of drug-likeness (QED) is 0.100. The zero-order valence-corrected chi connectivity index (χ0v) is 19.5. The Labute approximate surface area is 207 Å². The Kier molecular flexibility index (Phi) is 5.90. The first-order valence-corrected chi connectivity index (χ1v) is 11.5. The highest BCUT2D eigenvalue weighted by Gasteiger charge is 2.16. The number of methoxy groups -OCH3 is 1. The molecular formula is C26H16N4O5S. The van der Waals surface area contributed by atoms with Crippen LogP contribution in [0.1, 0.15) is 5.01 Å². The number of allylic oxidation sites excluding steroid dienone is 1. The SMILES string of the molecule is COc1cc([N+](=O)[O-])ccc1N/C=C(\C#N)c1nc(-c2cc3c(ccc4ccccc43)oc2=O)cs1. The molecule has 9 nitrogen and oxygen atoms in total. The zero-order valence-electron chi connectivity index (χ0n) is 18.7. The van der Waals surface area contributed by atoms with Crippen molar-refractivity contribution in [2.45, 2.75) is 0 Å². The molecule has 0 unspecified atom stereocenters. The molecule has 10 heteroatoms. The molecule has 176 valence electrons. The summed E-state index contributed by atoms with van der Waals surface area (Å²) in [4.78, 5) is 27.7. The van der Waals surface area contributed by atoms with Crippen molar-refractivity contribution in [2.24, 2.45) is 0 Å². The summed E-state index contributed by atoms with van der Waals surface area (Å²) in [5.74, 6) is 0.249. The van der Waals surface area contributed by atoms with Gasteiger partial charge in [0.1, 0.15) is 28.0 Å². The summed E-state index contributed by atoms with van der Waals surface area (Å²) in [5, 5.41) is 28.5. The van der Waals surface area contributed by atoms with E-state index >= 15 is 0 Å². The summed E-state index contributed by atoms with van der Waals surface area (Å²) < 4.78 is 10.8. The molecular weight excluding hydrogens is 480 g/mol. The maximum atomic E-state index is 12.7. The minimum absolute atomic E-state index is 0.117. The van der Waals surface area contributed by atoms with Gasteiger partial charge in [0.25, 0.3) is 5.69 Å². The van der Waals surface area contributed by atoms with Gasteiger partial charge in [-0.1, -0.05) is 30.3 Å². The lowest BCUT2D eigenvalue weighted by Crippen LogP contribution is -2.03. The number of non-ortho nitro benzene ring substituents is 1. The third-order valence-electron chi connectivity index (χ3n) is 5.54. The van der Waals surface area contributed by atoms with Gasteiger partial charge >= 0.3 is 5.63 Å². The second kappa shape index (κ2) is 9.32. The average Bonchev–Trinajstić information content (AvgIpc) is 3.38. The van der Waals surface area contributed by atoms with E-state index in [0.29, 0.717) is 27.5 Å². The van der Waals surface area contributed by atoms with E-state index in [-0.39, 0.29) is 17.0 Å². The fourth-order valence-corrected chi connectivity index (χ4v) is 4.56. The largest absolute Gasteiger partial charge is 0.494 e. The summed E-state index contributed by atoms with van der Waals surface area (Å²) in [6.45, 7) is 0. The van der Waals surface area contributed by atoms with E-state index in [0.717, 1.165) is 16.2 Å². The summed E-state index contributed by atoms with van der Waals surface area (Å²) in [6, 6.07) is 19.4. The van der Waals surface area contributed by atoms with Crippen LogP contribution in [0.4, 0.5) is 11.4 Å². The molecule has 0 bridgehead atoms. The number of anilines is 1. The molecule has 0 spiro atoms. The van der Waals surface area contributed by atoms with Gasteiger partial charge in [-0.05, 0) is 29.0 Å². The minimum Gasteiger partial charge on any atom is -0.494 e. The number of fused-ring (bicyclic) bond motifs is 3. The molecule has 1 N–H and O–H groups in total. The third kappa shape index (κ3) is 4.15. The monoisotopic (exact) mass is 496 g/mol. The summed E-state index contributed by atoms with van der Waals surface area (Å²) in [6.07, 6.45) is 1.43. The number of nitrogens with one attached hydrogen (secondary N) is 1. The first-order chi connectivity index (χ1) is 17.5. The summed E-state index contributed by atoms with van der Waals surface area (Å²) >= 11 is 1.20. The molecule has 0 aliphatic rings. The van der Waals surface area contributed by atoms with Crippen LogP contribution in [0, 0.1) is 21.4 Å². The van der Waals surface area contributed by atoms with Gasteiger partial charge in [0.15, 0.2) is 0 Å². The Morgan fingerprint density at radius 2 is 2.03 bits per heavy atom. The predicted molar refractivity (Wildman–Crippen MR) is 138 cm³/mol. The van der Waals surface area contributed by atoms with Crippen molar-refractivity contribution in [2.75, 3.05) is 12.4 Å². The lowest BCUT2D eigenvalue weighted by atomic mass is 10.0. The van der Waals surface area contributed by atoms with Crippen LogP contribution in [0.5, 0.6) is 5.75 Å². The Morgan fingerprint density at radius 3 is 2.81 bits per heavy atom. The lowest BCUT2D eigenvalue weighted by molar-refractivity contribution is -0.384. The number of nitriles is 1. The minimum atomic E-state index is -0.522. The fraction of sp³-hybridized carbons (Fsp3) is 0.0385. The zero-order chi connectivity index (χ0) is 25.2. The number of hydrogen-bond acceptors (Lipinski definition) is 9. The molecule has 5 aromatic rings. The highest BCUT2D eigenvalue weighted by Crippen LogP contribution is 2.32.